The van der Waals surface area contributed by atoms with E-state index in [1.165, 1.54) is 0 Å². The number of amides is 1. The Hall–Kier alpha value is -0.0900. The van der Waals surface area contributed by atoms with Gasteiger partial charge in [0.25, 0.3) is 0 Å². The number of hydrogen-bond donors (Lipinski definition) is 0. The van der Waals surface area contributed by atoms with Crippen molar-refractivity contribution in [2.24, 2.45) is 0 Å². The Morgan fingerprint density at radius 2 is 2.43 bits per heavy atom. The van der Waals surface area contributed by atoms with Crippen LogP contribution >= 0.6 is 15.9 Å². The zero-order chi connectivity index (χ0) is 10.6. The number of hydrogen-bond acceptors (Lipinski definition) is 2. The van der Waals surface area contributed by atoms with Gasteiger partial charge in [-0.05, 0) is 19.3 Å². The summed E-state index contributed by atoms with van der Waals surface area (Å²) in [5.74, 6) is 0.203. The molecule has 0 aromatic heterocycles. The molecule has 0 aromatic carbocycles. The molecule has 1 rings (SSSR count). The first kappa shape index (κ1) is 12.0. The summed E-state index contributed by atoms with van der Waals surface area (Å²) in [7, 11) is 1.71. The minimum absolute atomic E-state index is 0.0295. The van der Waals surface area contributed by atoms with Gasteiger partial charge in [0.1, 0.15) is 0 Å². The van der Waals surface area contributed by atoms with Gasteiger partial charge in [-0.2, -0.15) is 0 Å². The molecule has 2 atom stereocenters. The molecule has 0 radical (unpaired) electrons. The second kappa shape index (κ2) is 5.71. The molecule has 0 saturated carbocycles. The van der Waals surface area contributed by atoms with Crippen LogP contribution in [0.1, 0.15) is 26.2 Å². The number of likely N-dealkylation sites (tertiary alicyclic amines) is 1. The Labute approximate surface area is 93.9 Å². The maximum absolute atomic E-state index is 11.8. The first-order chi connectivity index (χ1) is 6.69. The predicted octanol–water partition coefficient (Wildman–Crippen LogP) is 1.80. The van der Waals surface area contributed by atoms with E-state index in [0.717, 1.165) is 32.4 Å². The lowest BCUT2D eigenvalue weighted by atomic mass is 10.1. The van der Waals surface area contributed by atoms with Crippen molar-refractivity contribution in [3.05, 3.63) is 0 Å². The van der Waals surface area contributed by atoms with Gasteiger partial charge >= 0.3 is 0 Å². The maximum Gasteiger partial charge on any atom is 0.236 e. The predicted molar refractivity (Wildman–Crippen MR) is 59.6 cm³/mol. The second-order valence-corrected chi connectivity index (χ2v) is 4.77. The summed E-state index contributed by atoms with van der Waals surface area (Å²) >= 11 is 3.39. The number of carbonyl (C=O) groups excluding carboxylic acids is 1. The molecule has 1 amide bonds. The highest BCUT2D eigenvalue weighted by Crippen LogP contribution is 2.16. The van der Waals surface area contributed by atoms with Crippen LogP contribution in [0, 0.1) is 0 Å². The van der Waals surface area contributed by atoms with E-state index in [1.807, 2.05) is 11.8 Å². The van der Waals surface area contributed by atoms with Gasteiger partial charge in [0.05, 0.1) is 10.9 Å². The molecule has 1 aliphatic rings. The number of piperidine rings is 1. The fourth-order valence-corrected chi connectivity index (χ4v) is 1.99. The summed E-state index contributed by atoms with van der Waals surface area (Å²) in [4.78, 5) is 13.7. The third kappa shape index (κ3) is 2.95. The Morgan fingerprint density at radius 3 is 3.00 bits per heavy atom. The smallest absolute Gasteiger partial charge is 0.236 e. The summed E-state index contributed by atoms with van der Waals surface area (Å²) in [6.07, 6.45) is 3.18. The van der Waals surface area contributed by atoms with Crippen molar-refractivity contribution in [2.45, 2.75) is 37.1 Å². The van der Waals surface area contributed by atoms with Crippen LogP contribution in [0.2, 0.25) is 0 Å². The SMILES string of the molecule is CCC(Br)C(=O)N1CCCC(OC)C1. The fraction of sp³-hybridized carbons (Fsp3) is 0.900. The van der Waals surface area contributed by atoms with E-state index in [4.69, 9.17) is 4.74 Å². The van der Waals surface area contributed by atoms with E-state index in [1.54, 1.807) is 7.11 Å². The number of rotatable bonds is 3. The van der Waals surface area contributed by atoms with Gasteiger partial charge in [-0.3, -0.25) is 4.79 Å². The highest BCUT2D eigenvalue weighted by molar-refractivity contribution is 9.10. The molecule has 0 aliphatic carbocycles. The minimum atomic E-state index is -0.0295. The Balaban J connectivity index is 2.47. The Morgan fingerprint density at radius 1 is 1.71 bits per heavy atom. The first-order valence-electron chi connectivity index (χ1n) is 5.14. The van der Waals surface area contributed by atoms with Gasteiger partial charge in [0, 0.05) is 20.2 Å². The number of carbonyl (C=O) groups is 1. The number of ether oxygens (including phenoxy) is 1. The van der Waals surface area contributed by atoms with Crippen molar-refractivity contribution in [3.63, 3.8) is 0 Å². The molecular formula is C10H18BrNO2. The molecule has 4 heteroatoms. The van der Waals surface area contributed by atoms with E-state index < -0.39 is 0 Å². The lowest BCUT2D eigenvalue weighted by Crippen LogP contribution is -2.45. The standard InChI is InChI=1S/C10H18BrNO2/c1-3-9(11)10(13)12-6-4-5-8(7-12)14-2/h8-9H,3-7H2,1-2H3. The number of methoxy groups -OCH3 is 1. The summed E-state index contributed by atoms with van der Waals surface area (Å²) in [6.45, 7) is 3.63. The summed E-state index contributed by atoms with van der Waals surface area (Å²) in [5.41, 5.74) is 0. The number of nitrogens with zero attached hydrogens (tertiary/aromatic N) is 1. The molecule has 1 aliphatic heterocycles. The van der Waals surface area contributed by atoms with Crippen LogP contribution in [0.25, 0.3) is 0 Å². The van der Waals surface area contributed by atoms with Gasteiger partial charge in [-0.1, -0.05) is 22.9 Å². The van der Waals surface area contributed by atoms with Crippen molar-refractivity contribution in [1.82, 2.24) is 4.90 Å². The molecule has 82 valence electrons. The molecule has 1 fully saturated rings. The third-order valence-corrected chi connectivity index (χ3v) is 3.69. The summed E-state index contributed by atoms with van der Waals surface area (Å²) in [6, 6.07) is 0. The van der Waals surface area contributed by atoms with Crippen molar-refractivity contribution in [3.8, 4) is 0 Å². The van der Waals surface area contributed by atoms with Gasteiger partial charge in [-0.25, -0.2) is 0 Å². The van der Waals surface area contributed by atoms with E-state index in [0.29, 0.717) is 0 Å². The molecule has 0 N–H and O–H groups in total. The average Bonchev–Trinajstić information content (AvgIpc) is 2.27. The largest absolute Gasteiger partial charge is 0.380 e. The van der Waals surface area contributed by atoms with Crippen LogP contribution < -0.4 is 0 Å². The van der Waals surface area contributed by atoms with Crippen LogP contribution in [-0.4, -0.2) is 41.9 Å². The molecule has 14 heavy (non-hydrogen) atoms. The van der Waals surface area contributed by atoms with Crippen LogP contribution in [0.15, 0.2) is 0 Å². The lowest BCUT2D eigenvalue weighted by Gasteiger charge is -2.33. The van der Waals surface area contributed by atoms with E-state index in [-0.39, 0.29) is 16.8 Å². The van der Waals surface area contributed by atoms with Crippen LogP contribution in [-0.2, 0) is 9.53 Å². The third-order valence-electron chi connectivity index (χ3n) is 2.65. The molecule has 1 saturated heterocycles. The van der Waals surface area contributed by atoms with Crippen molar-refractivity contribution in [2.75, 3.05) is 20.2 Å². The molecule has 0 bridgehead atoms. The van der Waals surface area contributed by atoms with Gasteiger partial charge in [0.15, 0.2) is 0 Å². The highest BCUT2D eigenvalue weighted by Gasteiger charge is 2.26. The van der Waals surface area contributed by atoms with Crippen LogP contribution in [0.3, 0.4) is 0 Å². The molecule has 1 heterocycles. The van der Waals surface area contributed by atoms with Crippen LogP contribution in [0.4, 0.5) is 0 Å². The quantitative estimate of drug-likeness (QED) is 0.727. The Kier molecular flexibility index (Phi) is 4.89. The average molecular weight is 264 g/mol. The monoisotopic (exact) mass is 263 g/mol. The van der Waals surface area contributed by atoms with Crippen LogP contribution in [0.5, 0.6) is 0 Å². The zero-order valence-electron chi connectivity index (χ0n) is 8.83. The van der Waals surface area contributed by atoms with E-state index in [2.05, 4.69) is 15.9 Å². The summed E-state index contributed by atoms with van der Waals surface area (Å²) < 4.78 is 5.28. The van der Waals surface area contributed by atoms with Gasteiger partial charge in [0.2, 0.25) is 5.91 Å². The fourth-order valence-electron chi connectivity index (χ4n) is 1.70. The zero-order valence-corrected chi connectivity index (χ0v) is 10.4. The van der Waals surface area contributed by atoms with E-state index in [9.17, 15) is 4.79 Å². The minimum Gasteiger partial charge on any atom is -0.380 e. The topological polar surface area (TPSA) is 29.5 Å². The molecule has 0 aromatic rings. The summed E-state index contributed by atoms with van der Waals surface area (Å²) in [5, 5.41) is 0. The number of alkyl halides is 1. The normalized spacial score (nSPS) is 24.8. The molecule has 3 nitrogen and oxygen atoms in total. The highest BCUT2D eigenvalue weighted by atomic mass is 79.9. The van der Waals surface area contributed by atoms with Gasteiger partial charge in [-0.15, -0.1) is 0 Å². The Bertz CT molecular complexity index is 199. The van der Waals surface area contributed by atoms with Crippen molar-refractivity contribution < 1.29 is 9.53 Å². The van der Waals surface area contributed by atoms with Crippen molar-refractivity contribution in [1.29, 1.82) is 0 Å². The second-order valence-electron chi connectivity index (χ2n) is 3.66. The lowest BCUT2D eigenvalue weighted by molar-refractivity contribution is -0.134. The first-order valence-corrected chi connectivity index (χ1v) is 6.06. The molecular weight excluding hydrogens is 246 g/mol. The molecule has 2 unspecified atom stereocenters. The molecule has 0 spiro atoms. The number of halogens is 1. The van der Waals surface area contributed by atoms with Gasteiger partial charge < -0.3 is 9.64 Å². The maximum atomic E-state index is 11.8. The van der Waals surface area contributed by atoms with E-state index >= 15 is 0 Å². The van der Waals surface area contributed by atoms with Crippen molar-refractivity contribution >= 4 is 21.8 Å².